The van der Waals surface area contributed by atoms with Crippen molar-refractivity contribution in [2.24, 2.45) is 5.92 Å². The lowest BCUT2D eigenvalue weighted by Crippen LogP contribution is -2.48. The number of hydrogen-bond acceptors (Lipinski definition) is 6. The molecule has 3 aromatic rings. The number of nitrogens with one attached hydrogen (secondary N) is 2. The molecular weight excluding hydrogens is 429 g/mol. The number of anilines is 4. The van der Waals surface area contributed by atoms with Crippen molar-refractivity contribution in [2.75, 3.05) is 29.1 Å². The maximum Gasteiger partial charge on any atom is 0.226 e. The van der Waals surface area contributed by atoms with Gasteiger partial charge in [-0.2, -0.15) is 9.97 Å². The van der Waals surface area contributed by atoms with Crippen molar-refractivity contribution < 1.29 is 4.39 Å². The Labute approximate surface area is 199 Å². The molecular formula is C26H32FN7. The predicted octanol–water partition coefficient (Wildman–Crippen LogP) is 5.02. The number of benzene rings is 1. The van der Waals surface area contributed by atoms with Crippen LogP contribution in [0.3, 0.4) is 0 Å². The van der Waals surface area contributed by atoms with Gasteiger partial charge in [0.15, 0.2) is 0 Å². The first kappa shape index (κ1) is 21.4. The van der Waals surface area contributed by atoms with Gasteiger partial charge in [-0.05, 0) is 75.6 Å². The number of imidazole rings is 1. The normalized spacial score (nSPS) is 25.8. The Kier molecular flexibility index (Phi) is 5.19. The van der Waals surface area contributed by atoms with Crippen molar-refractivity contribution in [3.63, 3.8) is 0 Å². The van der Waals surface area contributed by atoms with Crippen molar-refractivity contribution in [1.29, 1.82) is 0 Å². The van der Waals surface area contributed by atoms with Crippen LogP contribution in [0.15, 0.2) is 36.8 Å². The summed E-state index contributed by atoms with van der Waals surface area (Å²) < 4.78 is 15.9. The minimum Gasteiger partial charge on any atom is -0.373 e. The number of hydrogen-bond donors (Lipinski definition) is 2. The van der Waals surface area contributed by atoms with E-state index in [2.05, 4.69) is 38.2 Å². The van der Waals surface area contributed by atoms with Crippen molar-refractivity contribution in [3.8, 4) is 0 Å². The molecule has 0 amide bonds. The average Bonchev–Trinajstić information content (AvgIpc) is 3.48. The Bertz CT molecular complexity index is 1190. The molecule has 0 saturated heterocycles. The molecule has 2 fully saturated rings. The molecule has 3 heterocycles. The van der Waals surface area contributed by atoms with Crippen LogP contribution in [0.1, 0.15) is 49.8 Å². The van der Waals surface area contributed by atoms with Crippen LogP contribution >= 0.6 is 0 Å². The zero-order valence-electron chi connectivity index (χ0n) is 19.9. The zero-order valence-corrected chi connectivity index (χ0v) is 19.9. The van der Waals surface area contributed by atoms with Gasteiger partial charge in [0.1, 0.15) is 17.5 Å². The van der Waals surface area contributed by atoms with E-state index < -0.39 is 0 Å². The van der Waals surface area contributed by atoms with Gasteiger partial charge in [0.25, 0.3) is 0 Å². The third-order valence-corrected chi connectivity index (χ3v) is 8.12. The maximum atomic E-state index is 13.5. The lowest BCUT2D eigenvalue weighted by molar-refractivity contribution is 0.0764. The molecule has 178 valence electrons. The van der Waals surface area contributed by atoms with E-state index in [1.807, 2.05) is 25.5 Å². The summed E-state index contributed by atoms with van der Waals surface area (Å²) >= 11 is 0. The Morgan fingerprint density at radius 3 is 2.74 bits per heavy atom. The Balaban J connectivity index is 1.26. The Hall–Kier alpha value is -3.16. The first-order chi connectivity index (χ1) is 16.5. The number of fused-ring (bicyclic) bond motifs is 3. The number of aromatic nitrogens is 4. The second kappa shape index (κ2) is 8.25. The molecule has 1 aliphatic heterocycles. The highest BCUT2D eigenvalue weighted by Gasteiger charge is 2.45. The number of nitrogens with zero attached hydrogens (tertiary/aromatic N) is 5. The molecule has 3 aliphatic rings. The molecule has 2 aromatic heterocycles. The molecule has 0 radical (unpaired) electrons. The molecule has 34 heavy (non-hydrogen) atoms. The highest BCUT2D eigenvalue weighted by Crippen LogP contribution is 2.48. The SMILES string of the molecule is CNc1nc(NC2CCC3(n4cnc(C)c4)CCCC2C3)nc2c1CCN2c1ccc(F)cc1. The third kappa shape index (κ3) is 3.60. The molecule has 2 N–H and O–H groups in total. The average molecular weight is 462 g/mol. The van der Waals surface area contributed by atoms with Crippen LogP contribution in [-0.2, 0) is 12.0 Å². The lowest BCUT2D eigenvalue weighted by Gasteiger charge is -2.49. The zero-order chi connectivity index (χ0) is 23.3. The Morgan fingerprint density at radius 2 is 1.97 bits per heavy atom. The molecule has 6 rings (SSSR count). The predicted molar refractivity (Wildman–Crippen MR) is 132 cm³/mol. The second-order valence-corrected chi connectivity index (χ2v) is 10.1. The first-order valence-corrected chi connectivity index (χ1v) is 12.4. The summed E-state index contributed by atoms with van der Waals surface area (Å²) in [7, 11) is 1.91. The standard InChI is InChI=1S/C26H32FN7/c1-17-15-33(16-29-17)26-11-3-4-18(14-26)22(9-12-26)30-25-31-23(28-2)21-10-13-34(24(21)32-25)20-7-5-19(27)6-8-20/h5-8,15-16,18,22H,3-4,9-14H2,1-2H3,(H2,28,30,31,32). The molecule has 3 unspecified atom stereocenters. The van der Waals surface area contributed by atoms with Crippen molar-refractivity contribution in [1.82, 2.24) is 19.5 Å². The monoisotopic (exact) mass is 461 g/mol. The molecule has 2 saturated carbocycles. The number of halogens is 1. The van der Waals surface area contributed by atoms with Crippen LogP contribution in [0.25, 0.3) is 0 Å². The van der Waals surface area contributed by atoms with E-state index in [9.17, 15) is 4.39 Å². The summed E-state index contributed by atoms with van der Waals surface area (Å²) in [6.07, 6.45) is 12.2. The highest BCUT2D eigenvalue weighted by molar-refractivity contribution is 5.72. The van der Waals surface area contributed by atoms with E-state index in [1.54, 1.807) is 0 Å². The van der Waals surface area contributed by atoms with E-state index >= 15 is 0 Å². The van der Waals surface area contributed by atoms with Gasteiger partial charge in [-0.15, -0.1) is 0 Å². The Morgan fingerprint density at radius 1 is 1.12 bits per heavy atom. The number of rotatable bonds is 5. The largest absolute Gasteiger partial charge is 0.373 e. The lowest BCUT2D eigenvalue weighted by atomic mass is 9.65. The molecule has 0 spiro atoms. The third-order valence-electron chi connectivity index (χ3n) is 8.12. The van der Waals surface area contributed by atoms with Crippen LogP contribution in [0.5, 0.6) is 0 Å². The first-order valence-electron chi connectivity index (χ1n) is 12.4. The van der Waals surface area contributed by atoms with E-state index in [-0.39, 0.29) is 11.4 Å². The van der Waals surface area contributed by atoms with Gasteiger partial charge < -0.3 is 20.1 Å². The van der Waals surface area contributed by atoms with Crippen LogP contribution in [0, 0.1) is 18.7 Å². The quantitative estimate of drug-likeness (QED) is 0.556. The topological polar surface area (TPSA) is 70.9 Å². The van der Waals surface area contributed by atoms with Gasteiger partial charge in [-0.3, -0.25) is 0 Å². The van der Waals surface area contributed by atoms with E-state index in [0.717, 1.165) is 54.4 Å². The van der Waals surface area contributed by atoms with E-state index in [1.165, 1.54) is 37.8 Å². The molecule has 1 aromatic carbocycles. The van der Waals surface area contributed by atoms with Crippen molar-refractivity contribution in [2.45, 2.75) is 63.5 Å². The fourth-order valence-corrected chi connectivity index (χ4v) is 6.41. The van der Waals surface area contributed by atoms with Crippen molar-refractivity contribution >= 4 is 23.3 Å². The van der Waals surface area contributed by atoms with Gasteiger partial charge in [-0.25, -0.2) is 9.37 Å². The fourth-order valence-electron chi connectivity index (χ4n) is 6.41. The second-order valence-electron chi connectivity index (χ2n) is 10.1. The smallest absolute Gasteiger partial charge is 0.226 e. The maximum absolute atomic E-state index is 13.5. The molecule has 2 bridgehead atoms. The van der Waals surface area contributed by atoms with Crippen LogP contribution in [0.4, 0.5) is 27.7 Å². The van der Waals surface area contributed by atoms with Gasteiger partial charge in [-0.1, -0.05) is 6.42 Å². The van der Waals surface area contributed by atoms with Crippen molar-refractivity contribution in [3.05, 3.63) is 53.9 Å². The van der Waals surface area contributed by atoms with Crippen LogP contribution in [0.2, 0.25) is 0 Å². The molecule has 7 nitrogen and oxygen atoms in total. The highest BCUT2D eigenvalue weighted by atomic mass is 19.1. The minimum absolute atomic E-state index is 0.205. The molecule has 8 heteroatoms. The van der Waals surface area contributed by atoms with Gasteiger partial charge >= 0.3 is 0 Å². The molecule has 2 aliphatic carbocycles. The van der Waals surface area contributed by atoms with Crippen LogP contribution in [-0.4, -0.2) is 39.2 Å². The fraction of sp³-hybridized carbons (Fsp3) is 0.500. The van der Waals surface area contributed by atoms with Gasteiger partial charge in [0, 0.05) is 42.6 Å². The minimum atomic E-state index is -0.226. The molecule has 3 atom stereocenters. The summed E-state index contributed by atoms with van der Waals surface area (Å²) in [5, 5.41) is 6.99. The summed E-state index contributed by atoms with van der Waals surface area (Å²) in [5.74, 6) is 2.83. The van der Waals surface area contributed by atoms with E-state index in [0.29, 0.717) is 17.9 Å². The van der Waals surface area contributed by atoms with Gasteiger partial charge in [0.2, 0.25) is 5.95 Å². The summed E-state index contributed by atoms with van der Waals surface area (Å²) in [6.45, 7) is 2.88. The van der Waals surface area contributed by atoms with Crippen LogP contribution < -0.4 is 15.5 Å². The van der Waals surface area contributed by atoms with Gasteiger partial charge in [0.05, 0.1) is 12.0 Å². The summed E-state index contributed by atoms with van der Waals surface area (Å²) in [4.78, 5) is 16.5. The number of aryl methyl sites for hydroxylation is 1. The summed E-state index contributed by atoms with van der Waals surface area (Å²) in [6, 6.07) is 7.01. The van der Waals surface area contributed by atoms with E-state index in [4.69, 9.17) is 9.97 Å². The summed E-state index contributed by atoms with van der Waals surface area (Å²) in [5.41, 5.74) is 3.37.